The number of carbonyl (C=O) groups is 1. The van der Waals surface area contributed by atoms with Gasteiger partial charge in [-0.15, -0.1) is 12.3 Å². The van der Waals surface area contributed by atoms with Crippen LogP contribution in [0.5, 0.6) is 0 Å². The van der Waals surface area contributed by atoms with Crippen LogP contribution in [0.1, 0.15) is 16.8 Å². The van der Waals surface area contributed by atoms with Gasteiger partial charge in [-0.3, -0.25) is 10.1 Å². The maximum atomic E-state index is 10.9. The molecule has 0 saturated carbocycles. The lowest BCUT2D eigenvalue weighted by Crippen LogP contribution is -2.07. The van der Waals surface area contributed by atoms with Gasteiger partial charge in [-0.25, -0.2) is 4.79 Å². The Balaban J connectivity index is 3.01. The number of terminal acetylenes is 1. The SMILES string of the molecule is C#CCCNc1ccc([N+](=O)[O-])cc1C(=O)O. The molecule has 0 spiro atoms. The molecule has 0 heterocycles. The number of rotatable bonds is 5. The molecule has 88 valence electrons. The number of nitrogens with one attached hydrogen (secondary N) is 1. The molecule has 0 aliphatic carbocycles. The lowest BCUT2D eigenvalue weighted by molar-refractivity contribution is -0.384. The molecular weight excluding hydrogens is 224 g/mol. The minimum atomic E-state index is -1.23. The van der Waals surface area contributed by atoms with Crippen LogP contribution in [-0.2, 0) is 0 Å². The number of anilines is 1. The van der Waals surface area contributed by atoms with Crippen LogP contribution in [-0.4, -0.2) is 22.5 Å². The molecule has 1 rings (SSSR count). The number of hydrogen-bond acceptors (Lipinski definition) is 4. The predicted octanol–water partition coefficient (Wildman–Crippen LogP) is 1.73. The van der Waals surface area contributed by atoms with Crippen LogP contribution in [0, 0.1) is 22.5 Å². The first-order valence-electron chi connectivity index (χ1n) is 4.75. The number of hydrogen-bond donors (Lipinski definition) is 2. The normalized spacial score (nSPS) is 9.35. The van der Waals surface area contributed by atoms with Crippen molar-refractivity contribution in [1.29, 1.82) is 0 Å². The van der Waals surface area contributed by atoms with Crippen molar-refractivity contribution >= 4 is 17.3 Å². The summed E-state index contributed by atoms with van der Waals surface area (Å²) >= 11 is 0. The monoisotopic (exact) mass is 234 g/mol. The Morgan fingerprint density at radius 3 is 2.82 bits per heavy atom. The van der Waals surface area contributed by atoms with Crippen molar-refractivity contribution in [1.82, 2.24) is 0 Å². The van der Waals surface area contributed by atoms with Gasteiger partial charge in [0.1, 0.15) is 0 Å². The molecule has 0 amide bonds. The van der Waals surface area contributed by atoms with Gasteiger partial charge in [0.2, 0.25) is 0 Å². The van der Waals surface area contributed by atoms with Crippen LogP contribution in [0.3, 0.4) is 0 Å². The van der Waals surface area contributed by atoms with E-state index < -0.39 is 10.9 Å². The smallest absolute Gasteiger partial charge is 0.338 e. The molecule has 0 unspecified atom stereocenters. The summed E-state index contributed by atoms with van der Waals surface area (Å²) in [7, 11) is 0. The van der Waals surface area contributed by atoms with Crippen molar-refractivity contribution in [2.24, 2.45) is 0 Å². The molecule has 0 fully saturated rings. The Labute approximate surface area is 97.4 Å². The zero-order valence-corrected chi connectivity index (χ0v) is 8.84. The molecule has 1 aromatic carbocycles. The maximum absolute atomic E-state index is 10.9. The third kappa shape index (κ3) is 3.21. The average Bonchev–Trinajstić information content (AvgIpc) is 2.29. The maximum Gasteiger partial charge on any atom is 0.338 e. The van der Waals surface area contributed by atoms with Gasteiger partial charge < -0.3 is 10.4 Å². The number of carboxylic acids is 1. The molecule has 0 saturated heterocycles. The van der Waals surface area contributed by atoms with E-state index in [1.54, 1.807) is 0 Å². The zero-order valence-electron chi connectivity index (χ0n) is 8.84. The van der Waals surface area contributed by atoms with Crippen LogP contribution < -0.4 is 5.32 Å². The molecule has 0 aliphatic rings. The number of nitrogens with zero attached hydrogens (tertiary/aromatic N) is 1. The second-order valence-corrected chi connectivity index (χ2v) is 3.17. The highest BCUT2D eigenvalue weighted by Crippen LogP contribution is 2.22. The molecule has 17 heavy (non-hydrogen) atoms. The van der Waals surface area contributed by atoms with E-state index in [1.807, 2.05) is 0 Å². The zero-order chi connectivity index (χ0) is 12.8. The van der Waals surface area contributed by atoms with Gasteiger partial charge in [-0.1, -0.05) is 0 Å². The quantitative estimate of drug-likeness (QED) is 0.350. The van der Waals surface area contributed by atoms with E-state index in [-0.39, 0.29) is 11.3 Å². The number of nitro benzene ring substituents is 1. The molecule has 6 nitrogen and oxygen atoms in total. The Hall–Kier alpha value is -2.55. The van der Waals surface area contributed by atoms with Crippen LogP contribution >= 0.6 is 0 Å². The summed E-state index contributed by atoms with van der Waals surface area (Å²) in [6.07, 6.45) is 5.50. The highest BCUT2D eigenvalue weighted by atomic mass is 16.6. The molecular formula is C11H10N2O4. The van der Waals surface area contributed by atoms with E-state index in [0.29, 0.717) is 18.7 Å². The van der Waals surface area contributed by atoms with Crippen LogP contribution in [0.4, 0.5) is 11.4 Å². The van der Waals surface area contributed by atoms with Gasteiger partial charge in [0.15, 0.2) is 0 Å². The standard InChI is InChI=1S/C11H10N2O4/c1-2-3-6-12-10-5-4-8(13(16)17)7-9(10)11(14)15/h1,4-5,7,12H,3,6H2,(H,14,15). The molecule has 2 N–H and O–H groups in total. The predicted molar refractivity (Wildman–Crippen MR) is 62.0 cm³/mol. The first-order valence-corrected chi connectivity index (χ1v) is 4.75. The topological polar surface area (TPSA) is 92.5 Å². The van der Waals surface area contributed by atoms with Crippen molar-refractivity contribution in [3.63, 3.8) is 0 Å². The fraction of sp³-hybridized carbons (Fsp3) is 0.182. The van der Waals surface area contributed by atoms with Gasteiger partial charge >= 0.3 is 5.97 Å². The highest BCUT2D eigenvalue weighted by Gasteiger charge is 2.15. The Bertz CT molecular complexity index is 491. The number of nitro groups is 1. The lowest BCUT2D eigenvalue weighted by atomic mass is 10.1. The Morgan fingerprint density at radius 1 is 1.59 bits per heavy atom. The Kier molecular flexibility index (Phi) is 4.06. The molecule has 1 aromatic rings. The third-order valence-corrected chi connectivity index (χ3v) is 2.03. The summed E-state index contributed by atoms with van der Waals surface area (Å²) in [5.74, 6) is 1.17. The third-order valence-electron chi connectivity index (χ3n) is 2.03. The summed E-state index contributed by atoms with van der Waals surface area (Å²) < 4.78 is 0. The van der Waals surface area contributed by atoms with Crippen LogP contribution in [0.15, 0.2) is 18.2 Å². The average molecular weight is 234 g/mol. The summed E-state index contributed by atoms with van der Waals surface area (Å²) in [5.41, 5.74) is -0.0838. The summed E-state index contributed by atoms with van der Waals surface area (Å²) in [6, 6.07) is 3.61. The second-order valence-electron chi connectivity index (χ2n) is 3.17. The minimum absolute atomic E-state index is 0.142. The van der Waals surface area contributed by atoms with E-state index in [9.17, 15) is 14.9 Å². The van der Waals surface area contributed by atoms with Crippen LogP contribution in [0.25, 0.3) is 0 Å². The highest BCUT2D eigenvalue weighted by molar-refractivity contribution is 5.95. The van der Waals surface area contributed by atoms with Crippen molar-refractivity contribution in [3.8, 4) is 12.3 Å². The number of non-ortho nitro benzene ring substituents is 1. The fourth-order valence-corrected chi connectivity index (χ4v) is 1.25. The minimum Gasteiger partial charge on any atom is -0.478 e. The van der Waals surface area contributed by atoms with E-state index in [1.165, 1.54) is 12.1 Å². The van der Waals surface area contributed by atoms with Gasteiger partial charge in [-0.2, -0.15) is 0 Å². The van der Waals surface area contributed by atoms with Gasteiger partial charge in [0, 0.05) is 30.8 Å². The number of aromatic carboxylic acids is 1. The number of carboxylic acid groups (broad SMARTS) is 1. The van der Waals surface area contributed by atoms with Gasteiger partial charge in [-0.05, 0) is 6.07 Å². The Morgan fingerprint density at radius 2 is 2.29 bits per heavy atom. The molecule has 0 bridgehead atoms. The summed E-state index contributed by atoms with van der Waals surface area (Å²) in [5, 5.41) is 22.3. The summed E-state index contributed by atoms with van der Waals surface area (Å²) in [4.78, 5) is 20.8. The van der Waals surface area contributed by atoms with Crippen molar-refractivity contribution in [3.05, 3.63) is 33.9 Å². The van der Waals surface area contributed by atoms with Crippen molar-refractivity contribution in [2.75, 3.05) is 11.9 Å². The molecule has 0 aliphatic heterocycles. The first kappa shape index (κ1) is 12.5. The van der Waals surface area contributed by atoms with E-state index in [0.717, 1.165) is 6.07 Å². The number of benzene rings is 1. The largest absolute Gasteiger partial charge is 0.478 e. The van der Waals surface area contributed by atoms with Crippen molar-refractivity contribution < 1.29 is 14.8 Å². The van der Waals surface area contributed by atoms with E-state index in [4.69, 9.17) is 11.5 Å². The van der Waals surface area contributed by atoms with Crippen LogP contribution in [0.2, 0.25) is 0 Å². The van der Waals surface area contributed by atoms with E-state index in [2.05, 4.69) is 11.2 Å². The molecule has 0 aromatic heterocycles. The second kappa shape index (κ2) is 5.51. The molecule has 0 atom stereocenters. The molecule has 0 radical (unpaired) electrons. The first-order chi connectivity index (χ1) is 8.06. The van der Waals surface area contributed by atoms with Gasteiger partial charge in [0.25, 0.3) is 5.69 Å². The molecule has 6 heteroatoms. The fourth-order valence-electron chi connectivity index (χ4n) is 1.25. The van der Waals surface area contributed by atoms with Gasteiger partial charge in [0.05, 0.1) is 10.5 Å². The summed E-state index contributed by atoms with van der Waals surface area (Å²) in [6.45, 7) is 0.411. The lowest BCUT2D eigenvalue weighted by Gasteiger charge is -2.07. The van der Waals surface area contributed by atoms with E-state index >= 15 is 0 Å². The van der Waals surface area contributed by atoms with Crippen molar-refractivity contribution in [2.45, 2.75) is 6.42 Å².